The highest BCUT2D eigenvalue weighted by Gasteiger charge is 2.03. The minimum atomic E-state index is -0.304. The van der Waals surface area contributed by atoms with Crippen LogP contribution in [0.15, 0.2) is 40.0 Å². The summed E-state index contributed by atoms with van der Waals surface area (Å²) in [6.45, 7) is 3.70. The van der Waals surface area contributed by atoms with Gasteiger partial charge in [0.2, 0.25) is 0 Å². The van der Waals surface area contributed by atoms with Crippen LogP contribution in [0.1, 0.15) is 27.6 Å². The quantitative estimate of drug-likeness (QED) is 0.662. The molecule has 0 saturated carbocycles. The van der Waals surface area contributed by atoms with E-state index in [0.717, 1.165) is 11.5 Å². The van der Waals surface area contributed by atoms with Gasteiger partial charge in [-0.25, -0.2) is 5.43 Å². The number of hydrazone groups is 1. The Morgan fingerprint density at radius 1 is 1.33 bits per heavy atom. The molecule has 0 aliphatic rings. The largest absolute Gasteiger partial charge is 0.460 e. The molecule has 92 valence electrons. The summed E-state index contributed by atoms with van der Waals surface area (Å²) in [5, 5.41) is 3.81. The maximum absolute atomic E-state index is 11.7. The highest BCUT2D eigenvalue weighted by atomic mass is 16.3. The normalized spacial score (nSPS) is 10.8. The van der Waals surface area contributed by atoms with Gasteiger partial charge in [-0.15, -0.1) is 0 Å². The summed E-state index contributed by atoms with van der Waals surface area (Å²) < 4.78 is 5.27. The lowest BCUT2D eigenvalue weighted by molar-refractivity contribution is 0.0955. The SMILES string of the molecule is Cc1ccc(C(=O)N/N=C/c2ccc(C)o2)cn1. The van der Waals surface area contributed by atoms with Crippen LogP contribution < -0.4 is 5.43 Å². The van der Waals surface area contributed by atoms with Crippen molar-refractivity contribution in [3.05, 3.63) is 53.2 Å². The Bertz CT molecular complexity index is 570. The van der Waals surface area contributed by atoms with Gasteiger partial charge in [0.25, 0.3) is 5.91 Å². The predicted molar refractivity (Wildman–Crippen MR) is 67.5 cm³/mol. The summed E-state index contributed by atoms with van der Waals surface area (Å²) in [5.41, 5.74) is 3.73. The zero-order valence-corrected chi connectivity index (χ0v) is 10.2. The van der Waals surface area contributed by atoms with Crippen molar-refractivity contribution in [2.24, 2.45) is 5.10 Å². The molecule has 1 amide bonds. The Labute approximate surface area is 105 Å². The topological polar surface area (TPSA) is 67.5 Å². The zero-order chi connectivity index (χ0) is 13.0. The maximum Gasteiger partial charge on any atom is 0.272 e. The highest BCUT2D eigenvalue weighted by Crippen LogP contribution is 2.03. The molecule has 0 bridgehead atoms. The number of carbonyl (C=O) groups is 1. The van der Waals surface area contributed by atoms with Crippen LogP contribution in [0, 0.1) is 13.8 Å². The molecule has 5 heteroatoms. The van der Waals surface area contributed by atoms with Crippen LogP contribution >= 0.6 is 0 Å². The number of aryl methyl sites for hydroxylation is 2. The smallest absolute Gasteiger partial charge is 0.272 e. The fourth-order valence-electron chi connectivity index (χ4n) is 1.34. The average molecular weight is 243 g/mol. The van der Waals surface area contributed by atoms with E-state index in [-0.39, 0.29) is 5.91 Å². The number of amides is 1. The molecule has 0 spiro atoms. The number of pyridine rings is 1. The van der Waals surface area contributed by atoms with Gasteiger partial charge in [-0.1, -0.05) is 0 Å². The number of nitrogens with one attached hydrogen (secondary N) is 1. The number of carbonyl (C=O) groups excluding carboxylic acids is 1. The van der Waals surface area contributed by atoms with E-state index in [1.807, 2.05) is 19.9 Å². The van der Waals surface area contributed by atoms with Crippen LogP contribution in [0.4, 0.5) is 0 Å². The molecule has 0 radical (unpaired) electrons. The summed E-state index contributed by atoms with van der Waals surface area (Å²) in [4.78, 5) is 15.7. The number of hydrogen-bond acceptors (Lipinski definition) is 4. The van der Waals surface area contributed by atoms with Crippen molar-refractivity contribution in [3.63, 3.8) is 0 Å². The highest BCUT2D eigenvalue weighted by molar-refractivity contribution is 5.94. The molecule has 0 aromatic carbocycles. The Morgan fingerprint density at radius 2 is 2.17 bits per heavy atom. The second-order valence-electron chi connectivity index (χ2n) is 3.84. The van der Waals surface area contributed by atoms with Gasteiger partial charge in [0.05, 0.1) is 11.8 Å². The zero-order valence-electron chi connectivity index (χ0n) is 10.2. The van der Waals surface area contributed by atoms with Crippen LogP contribution in [0.25, 0.3) is 0 Å². The Hall–Kier alpha value is -2.43. The molecular weight excluding hydrogens is 230 g/mol. The monoisotopic (exact) mass is 243 g/mol. The van der Waals surface area contributed by atoms with Crippen LogP contribution in [0.5, 0.6) is 0 Å². The lowest BCUT2D eigenvalue weighted by atomic mass is 10.2. The molecule has 2 rings (SSSR count). The van der Waals surface area contributed by atoms with Crippen molar-refractivity contribution in [2.75, 3.05) is 0 Å². The molecule has 0 unspecified atom stereocenters. The van der Waals surface area contributed by atoms with Crippen LogP contribution in [-0.4, -0.2) is 17.1 Å². The van der Waals surface area contributed by atoms with Crippen LogP contribution in [0.3, 0.4) is 0 Å². The molecular formula is C13H13N3O2. The first-order valence-corrected chi connectivity index (χ1v) is 5.47. The molecule has 5 nitrogen and oxygen atoms in total. The number of hydrogen-bond donors (Lipinski definition) is 1. The molecule has 1 N–H and O–H groups in total. The molecule has 0 fully saturated rings. The van der Waals surface area contributed by atoms with E-state index >= 15 is 0 Å². The van der Waals surface area contributed by atoms with Gasteiger partial charge in [0.15, 0.2) is 0 Å². The van der Waals surface area contributed by atoms with E-state index < -0.39 is 0 Å². The Balaban J connectivity index is 1.96. The van der Waals surface area contributed by atoms with E-state index in [9.17, 15) is 4.79 Å². The van der Waals surface area contributed by atoms with Crippen LogP contribution in [0.2, 0.25) is 0 Å². The second-order valence-corrected chi connectivity index (χ2v) is 3.84. The first kappa shape index (κ1) is 12.0. The predicted octanol–water partition coefficient (Wildman–Crippen LogP) is 2.06. The van der Waals surface area contributed by atoms with Crippen molar-refractivity contribution in [3.8, 4) is 0 Å². The third-order valence-corrected chi connectivity index (χ3v) is 2.29. The van der Waals surface area contributed by atoms with Crippen molar-refractivity contribution >= 4 is 12.1 Å². The molecule has 2 aromatic rings. The molecule has 2 aromatic heterocycles. The van der Waals surface area contributed by atoms with Gasteiger partial charge in [-0.3, -0.25) is 9.78 Å². The van der Waals surface area contributed by atoms with Crippen molar-refractivity contribution in [1.29, 1.82) is 0 Å². The molecule has 18 heavy (non-hydrogen) atoms. The first-order valence-electron chi connectivity index (χ1n) is 5.47. The fourth-order valence-corrected chi connectivity index (χ4v) is 1.34. The minimum absolute atomic E-state index is 0.304. The van der Waals surface area contributed by atoms with Crippen molar-refractivity contribution < 1.29 is 9.21 Å². The van der Waals surface area contributed by atoms with Gasteiger partial charge < -0.3 is 4.42 Å². The second kappa shape index (κ2) is 5.27. The number of rotatable bonds is 3. The van der Waals surface area contributed by atoms with Gasteiger partial charge in [0, 0.05) is 11.9 Å². The van der Waals surface area contributed by atoms with Crippen LogP contribution in [-0.2, 0) is 0 Å². The molecule has 0 saturated heterocycles. The lowest BCUT2D eigenvalue weighted by Crippen LogP contribution is -2.17. The van der Waals surface area contributed by atoms with E-state index in [2.05, 4.69) is 15.5 Å². The molecule has 0 aliphatic carbocycles. The molecule has 0 aliphatic heterocycles. The van der Waals surface area contributed by atoms with E-state index in [1.54, 1.807) is 18.2 Å². The first-order chi connectivity index (χ1) is 8.65. The van der Waals surface area contributed by atoms with Crippen molar-refractivity contribution in [2.45, 2.75) is 13.8 Å². The van der Waals surface area contributed by atoms with E-state index in [4.69, 9.17) is 4.42 Å². The fraction of sp³-hybridized carbons (Fsp3) is 0.154. The van der Waals surface area contributed by atoms with E-state index in [1.165, 1.54) is 12.4 Å². The summed E-state index contributed by atoms with van der Waals surface area (Å²) in [6.07, 6.45) is 2.96. The standard InChI is InChI=1S/C13H13N3O2/c1-9-3-5-11(7-14-9)13(17)16-15-8-12-6-4-10(2)18-12/h3-8H,1-2H3,(H,16,17)/b15-8+. The number of nitrogens with zero attached hydrogens (tertiary/aromatic N) is 2. The summed E-state index contributed by atoms with van der Waals surface area (Å²) in [7, 11) is 0. The van der Waals surface area contributed by atoms with Gasteiger partial charge in [0.1, 0.15) is 11.5 Å². The number of furan rings is 1. The van der Waals surface area contributed by atoms with Gasteiger partial charge in [-0.2, -0.15) is 5.10 Å². The van der Waals surface area contributed by atoms with E-state index in [0.29, 0.717) is 11.3 Å². The third kappa shape index (κ3) is 3.04. The minimum Gasteiger partial charge on any atom is -0.460 e. The Kier molecular flexibility index (Phi) is 3.52. The molecule has 0 atom stereocenters. The van der Waals surface area contributed by atoms with Crippen molar-refractivity contribution in [1.82, 2.24) is 10.4 Å². The summed E-state index contributed by atoms with van der Waals surface area (Å²) >= 11 is 0. The van der Waals surface area contributed by atoms with Gasteiger partial charge >= 0.3 is 0 Å². The Morgan fingerprint density at radius 3 is 2.78 bits per heavy atom. The number of aromatic nitrogens is 1. The summed E-state index contributed by atoms with van der Waals surface area (Å²) in [6, 6.07) is 7.07. The third-order valence-electron chi connectivity index (χ3n) is 2.29. The summed E-state index contributed by atoms with van der Waals surface area (Å²) in [5.74, 6) is 1.09. The maximum atomic E-state index is 11.7. The molecule has 2 heterocycles. The average Bonchev–Trinajstić information content (AvgIpc) is 2.76. The van der Waals surface area contributed by atoms with Gasteiger partial charge in [-0.05, 0) is 38.1 Å². The lowest BCUT2D eigenvalue weighted by Gasteiger charge is -1.98.